The van der Waals surface area contributed by atoms with Crippen molar-refractivity contribution < 1.29 is 14.3 Å². The summed E-state index contributed by atoms with van der Waals surface area (Å²) >= 11 is 0. The van der Waals surface area contributed by atoms with Crippen LogP contribution >= 0.6 is 0 Å². The summed E-state index contributed by atoms with van der Waals surface area (Å²) < 4.78 is 4.88. The Labute approximate surface area is 163 Å². The van der Waals surface area contributed by atoms with Crippen LogP contribution in [0.1, 0.15) is 58.3 Å². The maximum Gasteiger partial charge on any atom is 0.409 e. The first-order valence-electron chi connectivity index (χ1n) is 10.9. The van der Waals surface area contributed by atoms with Gasteiger partial charge in [-0.2, -0.15) is 0 Å². The predicted octanol–water partition coefficient (Wildman–Crippen LogP) is 2.72. The number of ether oxygens (including phenoxy) is 1. The zero-order valence-corrected chi connectivity index (χ0v) is 17.0. The lowest BCUT2D eigenvalue weighted by atomic mass is 9.64. The van der Waals surface area contributed by atoms with E-state index in [1.165, 1.54) is 58.7 Å². The summed E-state index contributed by atoms with van der Waals surface area (Å²) in [4.78, 5) is 30.7. The molecule has 6 nitrogen and oxygen atoms in total. The lowest BCUT2D eigenvalue weighted by Crippen LogP contribution is -2.55. The van der Waals surface area contributed by atoms with Gasteiger partial charge >= 0.3 is 6.09 Å². The first kappa shape index (κ1) is 19.0. The number of hydrogen-bond acceptors (Lipinski definition) is 4. The third-order valence-corrected chi connectivity index (χ3v) is 7.77. The quantitative estimate of drug-likeness (QED) is 0.759. The van der Waals surface area contributed by atoms with E-state index in [1.54, 1.807) is 0 Å². The standard InChI is InChI=1S/C21H35N3O3/c1-3-19(25)24-9-4-5-18(24)16-6-10-22(11-7-16)17-13-21(14-17)8-12-23(15-21)20(26)27-2/h16-18H,3-15H2,1-2H3. The average molecular weight is 378 g/mol. The monoisotopic (exact) mass is 377 g/mol. The third-order valence-electron chi connectivity index (χ3n) is 7.77. The van der Waals surface area contributed by atoms with Gasteiger partial charge in [0, 0.05) is 38.1 Å². The molecule has 4 aliphatic rings. The molecule has 6 heteroatoms. The highest BCUT2D eigenvalue weighted by atomic mass is 16.5. The number of hydrogen-bond donors (Lipinski definition) is 0. The molecule has 4 rings (SSSR count). The largest absolute Gasteiger partial charge is 0.453 e. The molecule has 0 aromatic heterocycles. The van der Waals surface area contributed by atoms with Gasteiger partial charge in [-0.1, -0.05) is 6.92 Å². The van der Waals surface area contributed by atoms with Gasteiger partial charge in [-0.15, -0.1) is 0 Å². The van der Waals surface area contributed by atoms with Crippen molar-refractivity contribution >= 4 is 12.0 Å². The SMILES string of the molecule is CCC(=O)N1CCCC1C1CCN(C2CC3(CCN(C(=O)OC)C3)C2)CC1. The molecule has 0 N–H and O–H groups in total. The number of carbonyl (C=O) groups is 2. The number of piperidine rings is 1. The van der Waals surface area contributed by atoms with Crippen molar-refractivity contribution in [2.24, 2.45) is 11.3 Å². The Bertz CT molecular complexity index is 567. The Hall–Kier alpha value is -1.30. The van der Waals surface area contributed by atoms with Crippen LogP contribution in [-0.2, 0) is 9.53 Å². The molecular formula is C21H35N3O3. The third kappa shape index (κ3) is 3.57. The van der Waals surface area contributed by atoms with E-state index in [9.17, 15) is 9.59 Å². The second-order valence-electron chi connectivity index (χ2n) is 9.23. The maximum atomic E-state index is 12.2. The smallest absolute Gasteiger partial charge is 0.409 e. The highest BCUT2D eigenvalue weighted by Crippen LogP contribution is 2.51. The molecule has 1 saturated carbocycles. The molecule has 3 aliphatic heterocycles. The second kappa shape index (κ2) is 7.61. The predicted molar refractivity (Wildman–Crippen MR) is 103 cm³/mol. The summed E-state index contributed by atoms with van der Waals surface area (Å²) in [5, 5.41) is 0. The molecule has 2 amide bonds. The fourth-order valence-electron chi connectivity index (χ4n) is 6.22. The molecule has 0 bridgehead atoms. The molecule has 27 heavy (non-hydrogen) atoms. The van der Waals surface area contributed by atoms with Gasteiger partial charge in [0.15, 0.2) is 0 Å². The van der Waals surface area contributed by atoms with Gasteiger partial charge in [-0.05, 0) is 69.4 Å². The number of methoxy groups -OCH3 is 1. The Morgan fingerprint density at radius 2 is 1.81 bits per heavy atom. The van der Waals surface area contributed by atoms with Gasteiger partial charge in [-0.3, -0.25) is 4.79 Å². The number of nitrogens with zero attached hydrogens (tertiary/aromatic N) is 3. The zero-order chi connectivity index (χ0) is 19.0. The highest BCUT2D eigenvalue weighted by molar-refractivity contribution is 5.76. The Morgan fingerprint density at radius 3 is 2.48 bits per heavy atom. The van der Waals surface area contributed by atoms with E-state index in [0.717, 1.165) is 26.1 Å². The summed E-state index contributed by atoms with van der Waals surface area (Å²) in [7, 11) is 1.47. The summed E-state index contributed by atoms with van der Waals surface area (Å²) in [5.41, 5.74) is 0.353. The minimum atomic E-state index is -0.168. The van der Waals surface area contributed by atoms with Crippen LogP contribution in [0.25, 0.3) is 0 Å². The summed E-state index contributed by atoms with van der Waals surface area (Å²) in [5.74, 6) is 1.03. The number of carbonyl (C=O) groups excluding carboxylic acids is 2. The average Bonchev–Trinajstić information content (AvgIpc) is 3.33. The van der Waals surface area contributed by atoms with E-state index < -0.39 is 0 Å². The van der Waals surface area contributed by atoms with Gasteiger partial charge in [-0.25, -0.2) is 4.79 Å². The fraction of sp³-hybridized carbons (Fsp3) is 0.905. The fourth-order valence-corrected chi connectivity index (χ4v) is 6.22. The van der Waals surface area contributed by atoms with E-state index in [0.29, 0.717) is 35.7 Å². The van der Waals surface area contributed by atoms with Gasteiger partial charge in [0.05, 0.1) is 7.11 Å². The van der Waals surface area contributed by atoms with Crippen LogP contribution in [0.15, 0.2) is 0 Å². The molecule has 152 valence electrons. The molecule has 4 fully saturated rings. The van der Waals surface area contributed by atoms with Crippen LogP contribution in [-0.4, -0.2) is 78.6 Å². The number of likely N-dealkylation sites (tertiary alicyclic amines) is 3. The van der Waals surface area contributed by atoms with E-state index in [1.807, 2.05) is 11.8 Å². The Morgan fingerprint density at radius 1 is 1.07 bits per heavy atom. The van der Waals surface area contributed by atoms with Crippen molar-refractivity contribution in [3.63, 3.8) is 0 Å². The molecule has 3 heterocycles. The highest BCUT2D eigenvalue weighted by Gasteiger charge is 2.51. The summed E-state index contributed by atoms with van der Waals surface area (Å²) in [6.07, 6.45) is 8.91. The van der Waals surface area contributed by atoms with E-state index in [4.69, 9.17) is 4.74 Å². The minimum absolute atomic E-state index is 0.168. The molecule has 3 saturated heterocycles. The molecule has 1 unspecified atom stereocenters. The maximum absolute atomic E-state index is 12.2. The topological polar surface area (TPSA) is 53.1 Å². The number of rotatable bonds is 3. The first-order chi connectivity index (χ1) is 13.0. The second-order valence-corrected chi connectivity index (χ2v) is 9.23. The van der Waals surface area contributed by atoms with E-state index in [-0.39, 0.29) is 6.09 Å². The number of amides is 2. The minimum Gasteiger partial charge on any atom is -0.453 e. The summed E-state index contributed by atoms with van der Waals surface area (Å²) in [6, 6.07) is 1.19. The van der Waals surface area contributed by atoms with Crippen molar-refractivity contribution in [3.05, 3.63) is 0 Å². The normalized spacial score (nSPS) is 34.9. The van der Waals surface area contributed by atoms with E-state index >= 15 is 0 Å². The first-order valence-corrected chi connectivity index (χ1v) is 10.9. The Balaban J connectivity index is 1.24. The van der Waals surface area contributed by atoms with Crippen molar-refractivity contribution in [2.75, 3.05) is 39.8 Å². The van der Waals surface area contributed by atoms with Crippen LogP contribution in [0.3, 0.4) is 0 Å². The van der Waals surface area contributed by atoms with Gasteiger partial charge in [0.2, 0.25) is 5.91 Å². The molecule has 1 atom stereocenters. The van der Waals surface area contributed by atoms with E-state index in [2.05, 4.69) is 9.80 Å². The van der Waals surface area contributed by atoms with Crippen LogP contribution in [0.4, 0.5) is 4.79 Å². The lowest BCUT2D eigenvalue weighted by molar-refractivity contribution is -0.133. The Kier molecular flexibility index (Phi) is 5.36. The summed E-state index contributed by atoms with van der Waals surface area (Å²) in [6.45, 7) is 7.04. The van der Waals surface area contributed by atoms with Crippen LogP contribution < -0.4 is 0 Å². The van der Waals surface area contributed by atoms with Crippen LogP contribution in [0.2, 0.25) is 0 Å². The zero-order valence-electron chi connectivity index (χ0n) is 17.0. The van der Waals surface area contributed by atoms with Gasteiger partial charge in [0.1, 0.15) is 0 Å². The van der Waals surface area contributed by atoms with Crippen LogP contribution in [0.5, 0.6) is 0 Å². The molecule has 1 aliphatic carbocycles. The molecule has 0 radical (unpaired) electrons. The molecule has 0 aromatic carbocycles. The van der Waals surface area contributed by atoms with Gasteiger partial charge < -0.3 is 19.4 Å². The lowest BCUT2D eigenvalue weighted by Gasteiger charge is -2.52. The van der Waals surface area contributed by atoms with Crippen molar-refractivity contribution in [1.82, 2.24) is 14.7 Å². The van der Waals surface area contributed by atoms with Crippen molar-refractivity contribution in [1.29, 1.82) is 0 Å². The molecule has 1 spiro atoms. The molecular weight excluding hydrogens is 342 g/mol. The molecule has 0 aromatic rings. The van der Waals surface area contributed by atoms with Gasteiger partial charge in [0.25, 0.3) is 0 Å². The van der Waals surface area contributed by atoms with Crippen molar-refractivity contribution in [3.8, 4) is 0 Å². The van der Waals surface area contributed by atoms with Crippen LogP contribution in [0, 0.1) is 11.3 Å². The van der Waals surface area contributed by atoms with Crippen molar-refractivity contribution in [2.45, 2.75) is 70.4 Å².